The first-order valence-corrected chi connectivity index (χ1v) is 21.3. The third-order valence-corrected chi connectivity index (χ3v) is 13.4. The number of pyridine rings is 1. The van der Waals surface area contributed by atoms with Crippen LogP contribution in [0.5, 0.6) is 0 Å². The first-order valence-electron chi connectivity index (χ1n) is 21.3. The number of hydrogen-bond acceptors (Lipinski definition) is 6. The van der Waals surface area contributed by atoms with Gasteiger partial charge in [-0.05, 0) is 188 Å². The molecule has 5 aliphatic rings. The lowest BCUT2D eigenvalue weighted by Crippen LogP contribution is -2.58. The topological polar surface area (TPSA) is 29.1 Å². The molecular formula is C47H72N6. The molecule has 1 aromatic carbocycles. The monoisotopic (exact) mass is 721 g/mol. The van der Waals surface area contributed by atoms with Gasteiger partial charge in [0.2, 0.25) is 0 Å². The smallest absolute Gasteiger partial charge is 0.133 e. The van der Waals surface area contributed by atoms with E-state index < -0.39 is 0 Å². The van der Waals surface area contributed by atoms with Crippen molar-refractivity contribution in [2.45, 2.75) is 84.0 Å². The van der Waals surface area contributed by atoms with Crippen molar-refractivity contribution in [2.75, 3.05) is 88.7 Å². The Balaban J connectivity index is 1.10. The minimum absolute atomic E-state index is 0.542. The van der Waals surface area contributed by atoms with Gasteiger partial charge < -0.3 is 24.5 Å². The molecule has 290 valence electrons. The molecule has 2 aliphatic carbocycles. The third-order valence-electron chi connectivity index (χ3n) is 13.4. The van der Waals surface area contributed by atoms with Crippen molar-refractivity contribution in [1.29, 1.82) is 0 Å². The van der Waals surface area contributed by atoms with Gasteiger partial charge in [0.05, 0.1) is 0 Å². The van der Waals surface area contributed by atoms with E-state index in [1.54, 1.807) is 0 Å². The summed E-state index contributed by atoms with van der Waals surface area (Å²) >= 11 is 0. The molecule has 0 amide bonds. The normalized spacial score (nSPS) is 25.1. The van der Waals surface area contributed by atoms with Crippen molar-refractivity contribution in [1.82, 2.24) is 14.8 Å². The molecule has 2 bridgehead atoms. The molecule has 2 atom stereocenters. The highest BCUT2D eigenvalue weighted by atomic mass is 15.2. The molecule has 0 N–H and O–H groups in total. The SMILES string of the molecule is C=C(/C=C/c1ccnc(N(CC2C3CC2CN(c2ccc(N(C)C)cc2)C3)C(=C)C2CCC(CCCN(C)C)CC2)c1)CC1CCN(CCCC)CC1. The van der Waals surface area contributed by atoms with Crippen molar-refractivity contribution < 1.29 is 0 Å². The number of hydrogen-bond donors (Lipinski definition) is 0. The van der Waals surface area contributed by atoms with E-state index in [1.807, 2.05) is 6.20 Å². The molecule has 4 heterocycles. The summed E-state index contributed by atoms with van der Waals surface area (Å²) < 4.78 is 0. The molecule has 0 radical (unpaired) electrons. The van der Waals surface area contributed by atoms with Gasteiger partial charge in [-0.15, -0.1) is 0 Å². The highest BCUT2D eigenvalue weighted by Gasteiger charge is 2.47. The third kappa shape index (κ3) is 10.8. The van der Waals surface area contributed by atoms with Crippen molar-refractivity contribution in [3.05, 3.63) is 78.7 Å². The number of allylic oxidation sites excluding steroid dienone is 3. The molecule has 6 nitrogen and oxygen atoms in total. The molecule has 5 fully saturated rings. The maximum Gasteiger partial charge on any atom is 0.133 e. The molecule has 3 saturated heterocycles. The highest BCUT2D eigenvalue weighted by Crippen LogP contribution is 2.48. The van der Waals surface area contributed by atoms with E-state index in [4.69, 9.17) is 11.6 Å². The van der Waals surface area contributed by atoms with Crippen molar-refractivity contribution in [3.8, 4) is 0 Å². The quantitative estimate of drug-likeness (QED) is 0.143. The summed E-state index contributed by atoms with van der Waals surface area (Å²) in [5.41, 5.74) is 6.41. The first kappa shape index (κ1) is 39.6. The summed E-state index contributed by atoms with van der Waals surface area (Å²) in [6.45, 7) is 20.0. The number of rotatable bonds is 18. The number of likely N-dealkylation sites (tertiary alicyclic amines) is 1. The fraction of sp³-hybridized carbons (Fsp3) is 0.638. The van der Waals surface area contributed by atoms with Crippen LogP contribution in [-0.4, -0.2) is 88.8 Å². The van der Waals surface area contributed by atoms with Crippen LogP contribution < -0.4 is 14.7 Å². The Hall–Kier alpha value is -3.09. The van der Waals surface area contributed by atoms with E-state index >= 15 is 0 Å². The second-order valence-electron chi connectivity index (χ2n) is 17.8. The second kappa shape index (κ2) is 19.0. The Kier molecular flexibility index (Phi) is 14.2. The predicted octanol–water partition coefficient (Wildman–Crippen LogP) is 9.86. The Morgan fingerprint density at radius 3 is 2.26 bits per heavy atom. The van der Waals surface area contributed by atoms with Crippen LogP contribution in [0.15, 0.2) is 73.1 Å². The van der Waals surface area contributed by atoms with Crippen LogP contribution in [0.25, 0.3) is 6.08 Å². The lowest BCUT2D eigenvalue weighted by molar-refractivity contribution is 0.0543. The zero-order chi connectivity index (χ0) is 37.3. The molecule has 2 aromatic rings. The van der Waals surface area contributed by atoms with Crippen LogP contribution in [0.3, 0.4) is 0 Å². The molecule has 2 saturated carbocycles. The molecule has 7 rings (SSSR count). The van der Waals surface area contributed by atoms with Gasteiger partial charge in [-0.1, -0.05) is 44.2 Å². The maximum atomic E-state index is 5.05. The summed E-state index contributed by atoms with van der Waals surface area (Å²) in [4.78, 5) is 17.4. The van der Waals surface area contributed by atoms with Crippen LogP contribution in [0.4, 0.5) is 17.2 Å². The highest BCUT2D eigenvalue weighted by molar-refractivity contribution is 5.59. The summed E-state index contributed by atoms with van der Waals surface area (Å²) in [6, 6.07) is 13.6. The van der Waals surface area contributed by atoms with Gasteiger partial charge in [-0.25, -0.2) is 4.98 Å². The number of fused-ring (bicyclic) bond motifs is 2. The van der Waals surface area contributed by atoms with Crippen LogP contribution in [-0.2, 0) is 0 Å². The van der Waals surface area contributed by atoms with Gasteiger partial charge in [0, 0.05) is 57.0 Å². The minimum Gasteiger partial charge on any atom is -0.378 e. The summed E-state index contributed by atoms with van der Waals surface area (Å²) in [7, 11) is 8.62. The molecule has 3 aliphatic heterocycles. The molecule has 6 heteroatoms. The Morgan fingerprint density at radius 2 is 1.60 bits per heavy atom. The fourth-order valence-corrected chi connectivity index (χ4v) is 9.86. The van der Waals surface area contributed by atoms with Gasteiger partial charge in [0.1, 0.15) is 5.82 Å². The van der Waals surface area contributed by atoms with Crippen LogP contribution in [0.2, 0.25) is 0 Å². The lowest BCUT2D eigenvalue weighted by Gasteiger charge is -2.56. The van der Waals surface area contributed by atoms with Crippen LogP contribution in [0.1, 0.15) is 89.5 Å². The minimum atomic E-state index is 0.542. The van der Waals surface area contributed by atoms with E-state index in [-0.39, 0.29) is 0 Å². The van der Waals surface area contributed by atoms with Crippen molar-refractivity contribution >= 4 is 23.3 Å². The predicted molar refractivity (Wildman–Crippen MR) is 229 cm³/mol. The lowest BCUT2D eigenvalue weighted by atomic mass is 9.61. The molecule has 1 aromatic heterocycles. The van der Waals surface area contributed by atoms with E-state index in [0.29, 0.717) is 11.8 Å². The zero-order valence-electron chi connectivity index (χ0n) is 34.2. The Morgan fingerprint density at radius 1 is 0.887 bits per heavy atom. The van der Waals surface area contributed by atoms with E-state index in [9.17, 15) is 0 Å². The summed E-state index contributed by atoms with van der Waals surface area (Å²) in [6.07, 6.45) is 22.1. The van der Waals surface area contributed by atoms with Crippen molar-refractivity contribution in [2.24, 2.45) is 35.5 Å². The van der Waals surface area contributed by atoms with E-state index in [0.717, 1.165) is 55.5 Å². The zero-order valence-corrected chi connectivity index (χ0v) is 34.2. The number of anilines is 3. The average molecular weight is 721 g/mol. The molecule has 2 unspecified atom stereocenters. The summed E-state index contributed by atoms with van der Waals surface area (Å²) in [5.74, 6) is 5.36. The van der Waals surface area contributed by atoms with E-state index in [1.165, 1.54) is 125 Å². The molecule has 0 spiro atoms. The first-order chi connectivity index (χ1) is 25.7. The Labute approximate surface area is 324 Å². The van der Waals surface area contributed by atoms with Gasteiger partial charge in [0.15, 0.2) is 0 Å². The van der Waals surface area contributed by atoms with Gasteiger partial charge in [0.25, 0.3) is 0 Å². The number of piperidine rings is 3. The fourth-order valence-electron chi connectivity index (χ4n) is 9.86. The standard InChI is InChI=1S/C47H72N6/c1-8-9-27-51-28-23-40(24-29-51)30-36(2)12-13-39-22-25-48-47(31-39)53(37(3)41-16-14-38(15-17-41)11-10-26-49(4)5)35-46-42-32-43(46)34-52(33-42)45-20-18-44(19-21-45)50(6)7/h12-13,18-22,25,31,38,40-43,46H,2-3,8-11,14-17,23-24,26-30,32-35H2,1,4-7H3/b13-12+. The van der Waals surface area contributed by atoms with Gasteiger partial charge in [-0.2, -0.15) is 0 Å². The Bertz CT molecular complexity index is 1470. The summed E-state index contributed by atoms with van der Waals surface area (Å²) in [5, 5.41) is 0. The second-order valence-corrected chi connectivity index (χ2v) is 17.8. The number of unbranched alkanes of at least 4 members (excludes halogenated alkanes) is 1. The van der Waals surface area contributed by atoms with Crippen LogP contribution >= 0.6 is 0 Å². The average Bonchev–Trinajstić information content (AvgIpc) is 3.17. The molecule has 53 heavy (non-hydrogen) atoms. The van der Waals surface area contributed by atoms with E-state index in [2.05, 4.69) is 115 Å². The van der Waals surface area contributed by atoms with Crippen LogP contribution in [0, 0.1) is 35.5 Å². The number of benzene rings is 1. The largest absolute Gasteiger partial charge is 0.378 e. The van der Waals surface area contributed by atoms with Gasteiger partial charge >= 0.3 is 0 Å². The number of aromatic nitrogens is 1. The van der Waals surface area contributed by atoms with Crippen molar-refractivity contribution in [3.63, 3.8) is 0 Å². The van der Waals surface area contributed by atoms with Gasteiger partial charge in [-0.3, -0.25) is 0 Å². The molecular weight excluding hydrogens is 649 g/mol. The number of nitrogens with zero attached hydrogens (tertiary/aromatic N) is 6. The maximum absolute atomic E-state index is 5.05.